The second kappa shape index (κ2) is 6.46. The lowest BCUT2D eigenvalue weighted by molar-refractivity contribution is 0.0946. The van der Waals surface area contributed by atoms with E-state index in [0.29, 0.717) is 5.39 Å². The summed E-state index contributed by atoms with van der Waals surface area (Å²) in [5.74, 6) is -1.65. The van der Waals surface area contributed by atoms with Crippen LogP contribution in [0.3, 0.4) is 0 Å². The summed E-state index contributed by atoms with van der Waals surface area (Å²) in [6.07, 6.45) is 1.82. The van der Waals surface area contributed by atoms with Crippen molar-refractivity contribution in [2.45, 2.75) is 18.9 Å². The minimum atomic E-state index is -0.699. The quantitative estimate of drug-likeness (QED) is 0.737. The Labute approximate surface area is 153 Å². The van der Waals surface area contributed by atoms with E-state index < -0.39 is 17.5 Å². The number of anilines is 1. The van der Waals surface area contributed by atoms with Gasteiger partial charge in [-0.3, -0.25) is 4.79 Å². The number of methoxy groups -OCH3 is 1. The van der Waals surface area contributed by atoms with Crippen LogP contribution >= 0.6 is 0 Å². The summed E-state index contributed by atoms with van der Waals surface area (Å²) in [5.41, 5.74) is 6.00. The number of rotatable bonds is 4. The van der Waals surface area contributed by atoms with Crippen molar-refractivity contribution in [2.24, 2.45) is 0 Å². The molecule has 138 valence electrons. The van der Waals surface area contributed by atoms with Gasteiger partial charge >= 0.3 is 0 Å². The highest BCUT2D eigenvalue weighted by Gasteiger charge is 2.27. The van der Waals surface area contributed by atoms with E-state index in [0.717, 1.165) is 18.9 Å². The molecule has 27 heavy (non-hydrogen) atoms. The molecule has 2 aromatic carbocycles. The van der Waals surface area contributed by atoms with Crippen LogP contribution in [0.25, 0.3) is 22.0 Å². The van der Waals surface area contributed by atoms with Crippen molar-refractivity contribution in [3.63, 3.8) is 0 Å². The fourth-order valence-electron chi connectivity index (χ4n) is 2.97. The summed E-state index contributed by atoms with van der Waals surface area (Å²) in [6.45, 7) is 0. The van der Waals surface area contributed by atoms with Gasteiger partial charge in [0.25, 0.3) is 5.91 Å². The van der Waals surface area contributed by atoms with Crippen LogP contribution in [-0.4, -0.2) is 29.3 Å². The van der Waals surface area contributed by atoms with E-state index in [-0.39, 0.29) is 39.8 Å². The molecule has 1 fully saturated rings. The van der Waals surface area contributed by atoms with Gasteiger partial charge in [0, 0.05) is 11.4 Å². The molecule has 6 nitrogen and oxygen atoms in total. The van der Waals surface area contributed by atoms with Crippen LogP contribution in [0.4, 0.5) is 14.5 Å². The van der Waals surface area contributed by atoms with Gasteiger partial charge in [-0.25, -0.2) is 8.78 Å². The standard InChI is InChI=1S/C19H16F2N4O2/c1-27-13-4-2-3-11(20)14(13)15-12(21)8-7-10-16(22)18(25-24-17(10)15)19(26)23-9-5-6-9/h2-4,7-9H,5-6H2,1H3,(H2,22,24)(H,23,26). The number of nitrogens with two attached hydrogens (primary N) is 1. The molecule has 0 bridgehead atoms. The predicted molar refractivity (Wildman–Crippen MR) is 96.3 cm³/mol. The van der Waals surface area contributed by atoms with Crippen molar-refractivity contribution in [2.75, 3.05) is 12.8 Å². The number of hydrogen-bond acceptors (Lipinski definition) is 5. The molecule has 1 aliphatic rings. The Morgan fingerprint density at radius 3 is 2.59 bits per heavy atom. The Balaban J connectivity index is 1.94. The molecule has 0 atom stereocenters. The Morgan fingerprint density at radius 1 is 1.15 bits per heavy atom. The van der Waals surface area contributed by atoms with Crippen LogP contribution in [0.2, 0.25) is 0 Å². The number of nitrogens with zero attached hydrogens (tertiary/aromatic N) is 2. The fourth-order valence-corrected chi connectivity index (χ4v) is 2.97. The molecule has 3 N–H and O–H groups in total. The molecule has 1 saturated carbocycles. The average molecular weight is 370 g/mol. The minimum absolute atomic E-state index is 0.0348. The van der Waals surface area contributed by atoms with E-state index >= 15 is 0 Å². The van der Waals surface area contributed by atoms with Crippen molar-refractivity contribution in [3.8, 4) is 16.9 Å². The number of fused-ring (bicyclic) bond motifs is 1. The van der Waals surface area contributed by atoms with Crippen molar-refractivity contribution in [1.29, 1.82) is 0 Å². The van der Waals surface area contributed by atoms with Crippen LogP contribution < -0.4 is 15.8 Å². The normalized spacial score (nSPS) is 13.6. The smallest absolute Gasteiger partial charge is 0.274 e. The van der Waals surface area contributed by atoms with Crippen molar-refractivity contribution in [1.82, 2.24) is 15.5 Å². The van der Waals surface area contributed by atoms with E-state index in [1.807, 2.05) is 0 Å². The van der Waals surface area contributed by atoms with Gasteiger partial charge in [-0.2, -0.15) is 0 Å². The Kier molecular flexibility index (Phi) is 4.10. The molecule has 0 aliphatic heterocycles. The first kappa shape index (κ1) is 17.1. The lowest BCUT2D eigenvalue weighted by Gasteiger charge is -2.14. The highest BCUT2D eigenvalue weighted by atomic mass is 19.1. The van der Waals surface area contributed by atoms with Gasteiger partial charge in [-0.05, 0) is 37.1 Å². The van der Waals surface area contributed by atoms with Gasteiger partial charge in [0.15, 0.2) is 5.69 Å². The number of carbonyl (C=O) groups is 1. The lowest BCUT2D eigenvalue weighted by atomic mass is 9.99. The Hall–Kier alpha value is -3.29. The Bertz CT molecular complexity index is 1070. The fraction of sp³-hybridized carbons (Fsp3) is 0.211. The van der Waals surface area contributed by atoms with Crippen LogP contribution in [0.15, 0.2) is 30.3 Å². The molecule has 1 heterocycles. The van der Waals surface area contributed by atoms with Crippen molar-refractivity contribution < 1.29 is 18.3 Å². The van der Waals surface area contributed by atoms with Crippen LogP contribution in [0.5, 0.6) is 5.75 Å². The number of hydrogen-bond donors (Lipinski definition) is 2. The van der Waals surface area contributed by atoms with Gasteiger partial charge in [0.05, 0.1) is 23.9 Å². The highest BCUT2D eigenvalue weighted by Crippen LogP contribution is 2.39. The van der Waals surface area contributed by atoms with E-state index in [2.05, 4.69) is 15.5 Å². The number of nitrogen functional groups attached to an aromatic ring is 1. The molecule has 0 saturated heterocycles. The lowest BCUT2D eigenvalue weighted by Crippen LogP contribution is -2.27. The van der Waals surface area contributed by atoms with Gasteiger partial charge in [-0.1, -0.05) is 6.07 Å². The zero-order valence-corrected chi connectivity index (χ0v) is 14.4. The number of nitrogens with one attached hydrogen (secondary N) is 1. The monoisotopic (exact) mass is 370 g/mol. The zero-order chi connectivity index (χ0) is 19.1. The van der Waals surface area contributed by atoms with Gasteiger partial charge in [-0.15, -0.1) is 10.2 Å². The zero-order valence-electron chi connectivity index (χ0n) is 14.4. The maximum absolute atomic E-state index is 14.7. The summed E-state index contributed by atoms with van der Waals surface area (Å²) in [6, 6.07) is 6.86. The number of amides is 1. The minimum Gasteiger partial charge on any atom is -0.496 e. The van der Waals surface area contributed by atoms with Crippen molar-refractivity contribution in [3.05, 3.63) is 47.7 Å². The molecule has 0 spiro atoms. The molecule has 1 amide bonds. The molecular weight excluding hydrogens is 354 g/mol. The van der Waals surface area contributed by atoms with Crippen molar-refractivity contribution >= 4 is 22.5 Å². The SMILES string of the molecule is COc1cccc(F)c1-c1c(F)ccc2c(N)c(C(=O)NC3CC3)nnc12. The predicted octanol–water partition coefficient (Wildman–Crippen LogP) is 3.06. The van der Waals surface area contributed by atoms with E-state index in [1.165, 1.54) is 31.4 Å². The number of carbonyl (C=O) groups excluding carboxylic acids is 1. The summed E-state index contributed by atoms with van der Waals surface area (Å²) in [7, 11) is 1.36. The maximum atomic E-state index is 14.7. The topological polar surface area (TPSA) is 90.1 Å². The first-order chi connectivity index (χ1) is 13.0. The first-order valence-electron chi connectivity index (χ1n) is 8.39. The highest BCUT2D eigenvalue weighted by molar-refractivity contribution is 6.08. The second-order valence-corrected chi connectivity index (χ2v) is 6.35. The third-order valence-corrected chi connectivity index (χ3v) is 4.50. The molecule has 1 aliphatic carbocycles. The van der Waals surface area contributed by atoms with Gasteiger partial charge in [0.1, 0.15) is 22.9 Å². The molecule has 0 unspecified atom stereocenters. The first-order valence-corrected chi connectivity index (χ1v) is 8.39. The molecule has 8 heteroatoms. The summed E-state index contributed by atoms with van der Waals surface area (Å²) in [4.78, 5) is 12.3. The van der Waals surface area contributed by atoms with E-state index in [1.54, 1.807) is 0 Å². The number of benzene rings is 2. The summed E-state index contributed by atoms with van der Waals surface area (Å²) < 4.78 is 34.3. The number of aromatic nitrogens is 2. The number of halogens is 2. The van der Waals surface area contributed by atoms with E-state index in [9.17, 15) is 13.6 Å². The third kappa shape index (κ3) is 2.92. The van der Waals surface area contributed by atoms with E-state index in [4.69, 9.17) is 10.5 Å². The van der Waals surface area contributed by atoms with Crippen LogP contribution in [0.1, 0.15) is 23.3 Å². The summed E-state index contributed by atoms with van der Waals surface area (Å²) in [5, 5.41) is 11.0. The maximum Gasteiger partial charge on any atom is 0.274 e. The number of ether oxygens (including phenoxy) is 1. The molecule has 4 rings (SSSR count). The third-order valence-electron chi connectivity index (χ3n) is 4.50. The van der Waals surface area contributed by atoms with Crippen LogP contribution in [0, 0.1) is 11.6 Å². The largest absolute Gasteiger partial charge is 0.496 e. The Morgan fingerprint density at radius 2 is 1.89 bits per heavy atom. The average Bonchev–Trinajstić information content (AvgIpc) is 3.46. The summed E-state index contributed by atoms with van der Waals surface area (Å²) >= 11 is 0. The molecule has 3 aromatic rings. The molecule has 1 aromatic heterocycles. The van der Waals surface area contributed by atoms with Crippen LogP contribution in [-0.2, 0) is 0 Å². The van der Waals surface area contributed by atoms with Gasteiger partial charge < -0.3 is 15.8 Å². The molecule has 0 radical (unpaired) electrons. The molecular formula is C19H16F2N4O2. The van der Waals surface area contributed by atoms with Gasteiger partial charge in [0.2, 0.25) is 0 Å². The second-order valence-electron chi connectivity index (χ2n) is 6.35.